The molecular formula is C10H21N3S. The maximum atomic E-state index is 5.31. The first kappa shape index (κ1) is 11.7. The van der Waals surface area contributed by atoms with Crippen LogP contribution in [0, 0.1) is 0 Å². The Morgan fingerprint density at radius 3 is 2.79 bits per heavy atom. The van der Waals surface area contributed by atoms with Crippen molar-refractivity contribution in [1.29, 1.82) is 0 Å². The van der Waals surface area contributed by atoms with Crippen molar-refractivity contribution in [2.75, 3.05) is 33.7 Å². The summed E-state index contributed by atoms with van der Waals surface area (Å²) in [4.78, 5) is 4.73. The third kappa shape index (κ3) is 2.82. The fourth-order valence-electron chi connectivity index (χ4n) is 2.00. The van der Waals surface area contributed by atoms with Crippen molar-refractivity contribution in [3.05, 3.63) is 0 Å². The van der Waals surface area contributed by atoms with Crippen LogP contribution in [-0.4, -0.2) is 54.7 Å². The van der Waals surface area contributed by atoms with Gasteiger partial charge >= 0.3 is 0 Å². The van der Waals surface area contributed by atoms with Gasteiger partial charge in [-0.3, -0.25) is 0 Å². The third-order valence-electron chi connectivity index (χ3n) is 2.85. The van der Waals surface area contributed by atoms with E-state index in [2.05, 4.69) is 29.1 Å². The molecule has 4 heteroatoms. The maximum absolute atomic E-state index is 5.31. The van der Waals surface area contributed by atoms with Gasteiger partial charge in [0.05, 0.1) is 0 Å². The highest BCUT2D eigenvalue weighted by molar-refractivity contribution is 7.80. The van der Waals surface area contributed by atoms with Crippen molar-refractivity contribution in [1.82, 2.24) is 15.1 Å². The second-order valence-corrected chi connectivity index (χ2v) is 4.31. The van der Waals surface area contributed by atoms with Crippen LogP contribution in [0.1, 0.15) is 19.8 Å². The van der Waals surface area contributed by atoms with E-state index in [1.54, 1.807) is 0 Å². The van der Waals surface area contributed by atoms with Gasteiger partial charge in [0.25, 0.3) is 0 Å². The summed E-state index contributed by atoms with van der Waals surface area (Å²) in [6, 6.07) is 0.572. The average molecular weight is 215 g/mol. The summed E-state index contributed by atoms with van der Waals surface area (Å²) in [7, 11) is 4.10. The minimum atomic E-state index is 0.572. The van der Waals surface area contributed by atoms with Crippen LogP contribution in [-0.2, 0) is 0 Å². The summed E-state index contributed by atoms with van der Waals surface area (Å²) in [6.07, 6.45) is 2.36. The molecule has 14 heavy (non-hydrogen) atoms. The smallest absolute Gasteiger partial charge is 0.168 e. The van der Waals surface area contributed by atoms with Crippen molar-refractivity contribution >= 4 is 17.3 Å². The van der Waals surface area contributed by atoms with E-state index in [-0.39, 0.29) is 0 Å². The number of thiocarbonyl (C=S) groups is 1. The van der Waals surface area contributed by atoms with Gasteiger partial charge < -0.3 is 15.1 Å². The summed E-state index contributed by atoms with van der Waals surface area (Å²) in [5, 5.41) is 3.98. The molecule has 1 N–H and O–H groups in total. The summed E-state index contributed by atoms with van der Waals surface area (Å²) >= 11 is 5.31. The Labute approximate surface area is 92.4 Å². The van der Waals surface area contributed by atoms with Crippen LogP contribution in [0.25, 0.3) is 0 Å². The number of hydrogen-bond acceptors (Lipinski definition) is 2. The summed E-state index contributed by atoms with van der Waals surface area (Å²) in [5.41, 5.74) is 0. The molecule has 0 aliphatic carbocycles. The van der Waals surface area contributed by atoms with Gasteiger partial charge in [-0.15, -0.1) is 0 Å². The van der Waals surface area contributed by atoms with Gasteiger partial charge in [0.15, 0.2) is 5.11 Å². The zero-order valence-corrected chi connectivity index (χ0v) is 10.2. The van der Waals surface area contributed by atoms with Gasteiger partial charge in [-0.2, -0.15) is 0 Å². The molecular weight excluding hydrogens is 194 g/mol. The number of likely N-dealkylation sites (N-methyl/N-ethyl adjacent to an activating group) is 1. The molecule has 1 aliphatic rings. The van der Waals surface area contributed by atoms with Crippen LogP contribution in [0.15, 0.2) is 0 Å². The molecule has 0 bridgehead atoms. The van der Waals surface area contributed by atoms with Crippen LogP contribution in [0.2, 0.25) is 0 Å². The van der Waals surface area contributed by atoms with Crippen molar-refractivity contribution in [3.63, 3.8) is 0 Å². The van der Waals surface area contributed by atoms with E-state index in [4.69, 9.17) is 12.2 Å². The molecule has 0 amide bonds. The summed E-state index contributed by atoms with van der Waals surface area (Å²) in [6.45, 7) is 5.62. The van der Waals surface area contributed by atoms with Gasteiger partial charge in [-0.1, -0.05) is 6.92 Å². The highest BCUT2D eigenvalue weighted by atomic mass is 32.1. The standard InChI is InChI=1S/C10H21N3S/c1-4-9-8-12(3)6-5-7-13(9)10(14)11-2/h9H,4-8H2,1-3H3,(H,11,14). The fourth-order valence-corrected chi connectivity index (χ4v) is 2.24. The Morgan fingerprint density at radius 1 is 1.50 bits per heavy atom. The van der Waals surface area contributed by atoms with E-state index < -0.39 is 0 Å². The molecule has 1 saturated heterocycles. The van der Waals surface area contributed by atoms with Crippen molar-refractivity contribution in [2.24, 2.45) is 0 Å². The summed E-state index contributed by atoms with van der Waals surface area (Å²) in [5.74, 6) is 0. The molecule has 1 unspecified atom stereocenters. The van der Waals surface area contributed by atoms with Crippen LogP contribution in [0.4, 0.5) is 0 Å². The number of hydrogen-bond donors (Lipinski definition) is 1. The van der Waals surface area contributed by atoms with E-state index in [1.165, 1.54) is 13.0 Å². The number of nitrogens with one attached hydrogen (secondary N) is 1. The maximum Gasteiger partial charge on any atom is 0.168 e. The van der Waals surface area contributed by atoms with E-state index in [0.29, 0.717) is 6.04 Å². The molecule has 3 nitrogen and oxygen atoms in total. The highest BCUT2D eigenvalue weighted by Crippen LogP contribution is 2.11. The Balaban J connectivity index is 2.65. The minimum absolute atomic E-state index is 0.572. The van der Waals surface area contributed by atoms with E-state index in [0.717, 1.165) is 24.6 Å². The SMILES string of the molecule is CCC1CN(C)CCCN1C(=S)NC. The lowest BCUT2D eigenvalue weighted by Gasteiger charge is -2.31. The quantitative estimate of drug-likeness (QED) is 0.655. The van der Waals surface area contributed by atoms with Gasteiger partial charge in [-0.25, -0.2) is 0 Å². The number of nitrogens with zero attached hydrogens (tertiary/aromatic N) is 2. The predicted octanol–water partition coefficient (Wildman–Crippen LogP) is 0.907. The van der Waals surface area contributed by atoms with Gasteiger partial charge in [0.2, 0.25) is 0 Å². The van der Waals surface area contributed by atoms with Crippen molar-refractivity contribution in [2.45, 2.75) is 25.8 Å². The minimum Gasteiger partial charge on any atom is -0.366 e. The van der Waals surface area contributed by atoms with Gasteiger partial charge in [0.1, 0.15) is 0 Å². The molecule has 0 aromatic carbocycles. The Morgan fingerprint density at radius 2 is 2.21 bits per heavy atom. The molecule has 1 fully saturated rings. The molecule has 0 aromatic heterocycles. The van der Waals surface area contributed by atoms with Crippen LogP contribution in [0.3, 0.4) is 0 Å². The molecule has 1 heterocycles. The molecule has 1 atom stereocenters. The predicted molar refractivity (Wildman–Crippen MR) is 64.6 cm³/mol. The zero-order chi connectivity index (χ0) is 10.6. The van der Waals surface area contributed by atoms with Crippen molar-refractivity contribution < 1.29 is 0 Å². The van der Waals surface area contributed by atoms with E-state index in [9.17, 15) is 0 Å². The monoisotopic (exact) mass is 215 g/mol. The molecule has 82 valence electrons. The van der Waals surface area contributed by atoms with Crippen molar-refractivity contribution in [3.8, 4) is 0 Å². The first-order chi connectivity index (χ1) is 6.69. The average Bonchev–Trinajstić information content (AvgIpc) is 2.38. The molecule has 0 saturated carbocycles. The second-order valence-electron chi connectivity index (χ2n) is 3.93. The molecule has 0 aromatic rings. The molecule has 0 radical (unpaired) electrons. The van der Waals surface area contributed by atoms with Crippen LogP contribution >= 0.6 is 12.2 Å². The lowest BCUT2D eigenvalue weighted by molar-refractivity contribution is 0.263. The normalized spacial score (nSPS) is 24.5. The molecule has 0 spiro atoms. The molecule has 1 aliphatic heterocycles. The third-order valence-corrected chi connectivity index (χ3v) is 3.29. The Kier molecular flexibility index (Phi) is 4.62. The highest BCUT2D eigenvalue weighted by Gasteiger charge is 2.22. The lowest BCUT2D eigenvalue weighted by Crippen LogP contribution is -2.47. The fraction of sp³-hybridized carbons (Fsp3) is 0.900. The zero-order valence-electron chi connectivity index (χ0n) is 9.42. The lowest BCUT2D eigenvalue weighted by atomic mass is 10.2. The number of rotatable bonds is 1. The first-order valence-corrected chi connectivity index (χ1v) is 5.76. The molecule has 1 rings (SSSR count). The van der Waals surface area contributed by atoms with Gasteiger partial charge in [0, 0.05) is 26.2 Å². The Bertz CT molecular complexity index is 196. The van der Waals surface area contributed by atoms with Gasteiger partial charge in [-0.05, 0) is 38.7 Å². The van der Waals surface area contributed by atoms with E-state index >= 15 is 0 Å². The largest absolute Gasteiger partial charge is 0.366 e. The second kappa shape index (κ2) is 5.51. The summed E-state index contributed by atoms with van der Waals surface area (Å²) < 4.78 is 0. The van der Waals surface area contributed by atoms with E-state index in [1.807, 2.05) is 7.05 Å². The van der Waals surface area contributed by atoms with Crippen LogP contribution < -0.4 is 5.32 Å². The first-order valence-electron chi connectivity index (χ1n) is 5.36. The topological polar surface area (TPSA) is 18.5 Å². The Hall–Kier alpha value is -0.350. The van der Waals surface area contributed by atoms with Crippen LogP contribution in [0.5, 0.6) is 0 Å².